The fraction of sp³-hybridized carbons (Fsp3) is 0.286. The first kappa shape index (κ1) is 13.8. The number of nitrogens with one attached hydrogen (secondary N) is 1. The normalized spacial score (nSPS) is 17.9. The second-order valence-corrected chi connectivity index (χ2v) is 6.53. The molecule has 1 aliphatic rings. The van der Waals surface area contributed by atoms with E-state index in [1.54, 1.807) is 0 Å². The Morgan fingerprint density at radius 2 is 1.85 bits per heavy atom. The highest BCUT2D eigenvalue weighted by molar-refractivity contribution is 7.16. The maximum atomic E-state index is 13.7. The van der Waals surface area contributed by atoms with Crippen LogP contribution in [0.4, 0.5) is 18.9 Å². The third-order valence-electron chi connectivity index (χ3n) is 3.41. The molecule has 106 valence electrons. The molecule has 0 amide bonds. The van der Waals surface area contributed by atoms with Gasteiger partial charge in [-0.25, -0.2) is 13.2 Å². The maximum Gasteiger partial charge on any atom is 0.152 e. The summed E-state index contributed by atoms with van der Waals surface area (Å²) < 4.78 is 40.9. The third-order valence-corrected chi connectivity index (χ3v) is 4.75. The molecule has 20 heavy (non-hydrogen) atoms. The van der Waals surface area contributed by atoms with E-state index in [1.807, 2.05) is 6.07 Å². The zero-order valence-corrected chi connectivity index (χ0v) is 11.9. The van der Waals surface area contributed by atoms with E-state index in [2.05, 4.69) is 5.32 Å². The van der Waals surface area contributed by atoms with Gasteiger partial charge in [0.2, 0.25) is 0 Å². The number of rotatable bonds is 2. The van der Waals surface area contributed by atoms with Crippen molar-refractivity contribution in [2.75, 3.05) is 5.32 Å². The van der Waals surface area contributed by atoms with Crippen molar-refractivity contribution in [1.82, 2.24) is 0 Å². The molecule has 0 saturated carbocycles. The lowest BCUT2D eigenvalue weighted by molar-refractivity contribution is 0.537. The van der Waals surface area contributed by atoms with Crippen LogP contribution in [0.2, 0.25) is 4.34 Å². The highest BCUT2D eigenvalue weighted by Gasteiger charge is 2.24. The van der Waals surface area contributed by atoms with Crippen LogP contribution in [-0.2, 0) is 6.42 Å². The van der Waals surface area contributed by atoms with E-state index in [1.165, 1.54) is 11.3 Å². The molecule has 1 N–H and O–H groups in total. The number of aryl methyl sites for hydroxylation is 1. The molecule has 1 heterocycles. The van der Waals surface area contributed by atoms with Crippen molar-refractivity contribution in [3.8, 4) is 0 Å². The summed E-state index contributed by atoms with van der Waals surface area (Å²) in [5.74, 6) is -2.76. The van der Waals surface area contributed by atoms with Crippen molar-refractivity contribution in [1.29, 1.82) is 0 Å². The lowest BCUT2D eigenvalue weighted by atomic mass is 9.94. The van der Waals surface area contributed by atoms with E-state index < -0.39 is 17.5 Å². The molecule has 2 aromatic rings. The standard InChI is InChI=1S/C14H11ClF3NS/c15-13-6-8-11(2-1-3-12(8)20-13)19-14-9(17)4-7(16)5-10(14)18/h4-6,11,19H,1-3H2. The van der Waals surface area contributed by atoms with E-state index >= 15 is 0 Å². The summed E-state index contributed by atoms with van der Waals surface area (Å²) in [5, 5.41) is 2.85. The monoisotopic (exact) mass is 317 g/mol. The molecule has 6 heteroatoms. The highest BCUT2D eigenvalue weighted by Crippen LogP contribution is 2.40. The summed E-state index contributed by atoms with van der Waals surface area (Å²) in [4.78, 5) is 1.14. The van der Waals surface area contributed by atoms with Crippen LogP contribution in [0.3, 0.4) is 0 Å². The lowest BCUT2D eigenvalue weighted by Crippen LogP contribution is -2.17. The van der Waals surface area contributed by atoms with Crippen LogP contribution >= 0.6 is 22.9 Å². The first-order chi connectivity index (χ1) is 9.54. The van der Waals surface area contributed by atoms with Crippen molar-refractivity contribution < 1.29 is 13.2 Å². The van der Waals surface area contributed by atoms with Crippen molar-refractivity contribution in [2.45, 2.75) is 25.3 Å². The average Bonchev–Trinajstić information content (AvgIpc) is 2.74. The Morgan fingerprint density at radius 3 is 2.55 bits per heavy atom. The van der Waals surface area contributed by atoms with Crippen LogP contribution in [0.25, 0.3) is 0 Å². The molecule has 1 atom stereocenters. The maximum absolute atomic E-state index is 13.7. The van der Waals surface area contributed by atoms with Gasteiger partial charge in [0, 0.05) is 17.0 Å². The van der Waals surface area contributed by atoms with E-state index in [0.717, 1.165) is 29.7 Å². The Kier molecular flexibility index (Phi) is 3.65. The predicted molar refractivity (Wildman–Crippen MR) is 74.9 cm³/mol. The molecule has 0 saturated heterocycles. The van der Waals surface area contributed by atoms with Crippen LogP contribution in [0, 0.1) is 17.5 Å². The first-order valence-electron chi connectivity index (χ1n) is 6.24. The second kappa shape index (κ2) is 5.30. The average molecular weight is 318 g/mol. The van der Waals surface area contributed by atoms with E-state index in [9.17, 15) is 13.2 Å². The molecule has 1 aliphatic carbocycles. The Labute approximate surface area is 123 Å². The number of benzene rings is 1. The van der Waals surface area contributed by atoms with Crippen molar-refractivity contribution in [3.63, 3.8) is 0 Å². The first-order valence-corrected chi connectivity index (χ1v) is 7.43. The minimum absolute atomic E-state index is 0.197. The van der Waals surface area contributed by atoms with Gasteiger partial charge in [-0.3, -0.25) is 0 Å². The second-order valence-electron chi connectivity index (χ2n) is 4.76. The van der Waals surface area contributed by atoms with Crippen LogP contribution in [0.15, 0.2) is 18.2 Å². The van der Waals surface area contributed by atoms with Gasteiger partial charge in [-0.15, -0.1) is 11.3 Å². The molecule has 1 unspecified atom stereocenters. The number of hydrogen-bond acceptors (Lipinski definition) is 2. The number of thiophene rings is 1. The molecule has 0 spiro atoms. The smallest absolute Gasteiger partial charge is 0.152 e. The Bertz CT molecular complexity index is 633. The summed E-state index contributed by atoms with van der Waals surface area (Å²) in [6.45, 7) is 0. The Balaban J connectivity index is 1.93. The van der Waals surface area contributed by atoms with Crippen LogP contribution in [-0.4, -0.2) is 0 Å². The van der Waals surface area contributed by atoms with E-state index in [-0.39, 0.29) is 11.7 Å². The minimum atomic E-state index is -0.923. The molecule has 1 aromatic carbocycles. The van der Waals surface area contributed by atoms with Gasteiger partial charge in [-0.05, 0) is 30.9 Å². The molecule has 0 bridgehead atoms. The van der Waals surface area contributed by atoms with Gasteiger partial charge in [0.15, 0.2) is 11.6 Å². The SMILES string of the molecule is Fc1cc(F)c(NC2CCCc3sc(Cl)cc32)c(F)c1. The molecule has 0 radical (unpaired) electrons. The Hall–Kier alpha value is -1.20. The van der Waals surface area contributed by atoms with Crippen LogP contribution in [0.5, 0.6) is 0 Å². The number of hydrogen-bond donors (Lipinski definition) is 1. The molecular weight excluding hydrogens is 307 g/mol. The molecular formula is C14H11ClF3NS. The molecule has 1 aromatic heterocycles. The fourth-order valence-electron chi connectivity index (χ4n) is 2.53. The van der Waals surface area contributed by atoms with Crippen molar-refractivity contribution >= 4 is 28.6 Å². The van der Waals surface area contributed by atoms with Gasteiger partial charge in [0.1, 0.15) is 11.5 Å². The quantitative estimate of drug-likeness (QED) is 0.791. The summed E-state index contributed by atoms with van der Waals surface area (Å²) in [5.41, 5.74) is 0.695. The van der Waals surface area contributed by atoms with Crippen molar-refractivity contribution in [3.05, 3.63) is 50.4 Å². The van der Waals surface area contributed by atoms with Gasteiger partial charge in [0.25, 0.3) is 0 Å². The number of fused-ring (bicyclic) bond motifs is 1. The summed E-state index contributed by atoms with van der Waals surface area (Å²) >= 11 is 7.49. The zero-order valence-electron chi connectivity index (χ0n) is 10.4. The predicted octanol–water partition coefficient (Wildman–Crippen LogP) is 5.31. The summed E-state index contributed by atoms with van der Waals surface area (Å²) in [7, 11) is 0. The van der Waals surface area contributed by atoms with Gasteiger partial charge in [-0.2, -0.15) is 0 Å². The minimum Gasteiger partial charge on any atom is -0.373 e. The van der Waals surface area contributed by atoms with Gasteiger partial charge in [-0.1, -0.05) is 11.6 Å². The lowest BCUT2D eigenvalue weighted by Gasteiger charge is -2.25. The molecule has 3 rings (SSSR count). The van der Waals surface area contributed by atoms with Crippen LogP contribution in [0.1, 0.15) is 29.3 Å². The zero-order chi connectivity index (χ0) is 14.3. The fourth-order valence-corrected chi connectivity index (χ4v) is 3.91. The van der Waals surface area contributed by atoms with Gasteiger partial charge >= 0.3 is 0 Å². The topological polar surface area (TPSA) is 12.0 Å². The number of halogens is 4. The summed E-state index contributed by atoms with van der Waals surface area (Å²) in [6, 6.07) is 2.99. The molecule has 0 fully saturated rings. The third kappa shape index (κ3) is 2.52. The van der Waals surface area contributed by atoms with Gasteiger partial charge < -0.3 is 5.32 Å². The Morgan fingerprint density at radius 1 is 1.15 bits per heavy atom. The van der Waals surface area contributed by atoms with Crippen LogP contribution < -0.4 is 5.32 Å². The van der Waals surface area contributed by atoms with E-state index in [4.69, 9.17) is 11.6 Å². The molecule has 0 aliphatic heterocycles. The number of anilines is 1. The summed E-state index contributed by atoms with van der Waals surface area (Å²) in [6.07, 6.45) is 2.61. The van der Waals surface area contributed by atoms with Crippen molar-refractivity contribution in [2.24, 2.45) is 0 Å². The highest BCUT2D eigenvalue weighted by atomic mass is 35.5. The molecule has 1 nitrogen and oxygen atoms in total. The van der Waals surface area contributed by atoms with Gasteiger partial charge in [0.05, 0.1) is 10.4 Å². The van der Waals surface area contributed by atoms with E-state index in [0.29, 0.717) is 16.5 Å². The largest absolute Gasteiger partial charge is 0.373 e.